The first kappa shape index (κ1) is 21.7. The quantitative estimate of drug-likeness (QED) is 0.435. The van der Waals surface area contributed by atoms with E-state index >= 15 is 0 Å². The molecule has 1 amide bonds. The van der Waals surface area contributed by atoms with E-state index in [4.69, 9.17) is 16.7 Å². The van der Waals surface area contributed by atoms with Crippen molar-refractivity contribution < 1.29 is 4.79 Å². The average molecular weight is 459 g/mol. The van der Waals surface area contributed by atoms with Gasteiger partial charge in [-0.25, -0.2) is 0 Å². The van der Waals surface area contributed by atoms with Crippen molar-refractivity contribution in [3.05, 3.63) is 89.4 Å². The molecule has 0 atom stereocenters. The third-order valence-corrected chi connectivity index (χ3v) is 6.49. The van der Waals surface area contributed by atoms with Crippen LogP contribution in [0.4, 0.5) is 0 Å². The van der Waals surface area contributed by atoms with Crippen LogP contribution in [0.2, 0.25) is 5.02 Å². The number of carbonyl (C=O) groups is 1. The fourth-order valence-corrected chi connectivity index (χ4v) is 4.74. The fourth-order valence-electron chi connectivity index (χ4n) is 4.57. The lowest BCUT2D eigenvalue weighted by atomic mass is 10.0. The van der Waals surface area contributed by atoms with Gasteiger partial charge in [0.2, 0.25) is 5.91 Å². The molecular weight excluding hydrogens is 432 g/mol. The van der Waals surface area contributed by atoms with Crippen molar-refractivity contribution >= 4 is 28.4 Å². The van der Waals surface area contributed by atoms with Crippen LogP contribution in [0.25, 0.3) is 22.2 Å². The highest BCUT2D eigenvalue weighted by Crippen LogP contribution is 2.30. The van der Waals surface area contributed by atoms with Crippen LogP contribution in [0.3, 0.4) is 0 Å². The molecule has 1 aromatic heterocycles. The SMILES string of the molecule is O=C(Cn1nc(-c2ccccc2)c2cc(Cl)ccc21)NC1CCN(Cc2ccccc2)CC1. The summed E-state index contributed by atoms with van der Waals surface area (Å²) in [6, 6.07) is 26.5. The predicted molar refractivity (Wildman–Crippen MR) is 133 cm³/mol. The summed E-state index contributed by atoms with van der Waals surface area (Å²) in [6.45, 7) is 3.13. The topological polar surface area (TPSA) is 50.2 Å². The highest BCUT2D eigenvalue weighted by Gasteiger charge is 2.22. The van der Waals surface area contributed by atoms with Gasteiger partial charge >= 0.3 is 0 Å². The number of carbonyl (C=O) groups excluding carboxylic acids is 1. The number of nitrogens with zero attached hydrogens (tertiary/aromatic N) is 3. The monoisotopic (exact) mass is 458 g/mol. The zero-order chi connectivity index (χ0) is 22.6. The molecule has 1 aliphatic rings. The van der Waals surface area contributed by atoms with Crippen LogP contribution in [-0.2, 0) is 17.9 Å². The lowest BCUT2D eigenvalue weighted by Gasteiger charge is -2.32. The van der Waals surface area contributed by atoms with Gasteiger partial charge in [0.05, 0.1) is 5.52 Å². The number of rotatable bonds is 6. The van der Waals surface area contributed by atoms with Gasteiger partial charge in [-0.3, -0.25) is 14.4 Å². The third-order valence-electron chi connectivity index (χ3n) is 6.25. The first-order valence-electron chi connectivity index (χ1n) is 11.4. The number of piperidine rings is 1. The summed E-state index contributed by atoms with van der Waals surface area (Å²) in [4.78, 5) is 15.4. The van der Waals surface area contributed by atoms with Gasteiger partial charge < -0.3 is 5.32 Å². The molecule has 0 unspecified atom stereocenters. The van der Waals surface area contributed by atoms with E-state index in [0.717, 1.165) is 54.6 Å². The largest absolute Gasteiger partial charge is 0.352 e. The molecule has 168 valence electrons. The lowest BCUT2D eigenvalue weighted by molar-refractivity contribution is -0.122. The zero-order valence-electron chi connectivity index (χ0n) is 18.5. The van der Waals surface area contributed by atoms with Crippen LogP contribution in [0, 0.1) is 0 Å². The molecule has 0 bridgehead atoms. The first-order valence-corrected chi connectivity index (χ1v) is 11.8. The Morgan fingerprint density at radius 3 is 2.39 bits per heavy atom. The molecule has 33 heavy (non-hydrogen) atoms. The van der Waals surface area contributed by atoms with Crippen LogP contribution in [0.1, 0.15) is 18.4 Å². The van der Waals surface area contributed by atoms with E-state index in [1.165, 1.54) is 5.56 Å². The molecule has 2 heterocycles. The van der Waals surface area contributed by atoms with Crippen molar-refractivity contribution in [1.82, 2.24) is 20.0 Å². The molecule has 1 aliphatic heterocycles. The van der Waals surface area contributed by atoms with E-state index < -0.39 is 0 Å². The Labute approximate surface area is 199 Å². The molecule has 3 aromatic carbocycles. The molecule has 1 saturated heterocycles. The normalized spacial score (nSPS) is 15.1. The van der Waals surface area contributed by atoms with Gasteiger partial charge in [-0.1, -0.05) is 72.3 Å². The molecule has 0 saturated carbocycles. The number of nitrogens with one attached hydrogen (secondary N) is 1. The molecule has 5 nitrogen and oxygen atoms in total. The Morgan fingerprint density at radius 2 is 1.67 bits per heavy atom. The molecule has 1 N–H and O–H groups in total. The molecule has 0 aliphatic carbocycles. The number of benzene rings is 3. The molecule has 0 radical (unpaired) electrons. The fraction of sp³-hybridized carbons (Fsp3) is 0.259. The van der Waals surface area contributed by atoms with Crippen molar-refractivity contribution in [3.8, 4) is 11.3 Å². The second kappa shape index (κ2) is 9.77. The zero-order valence-corrected chi connectivity index (χ0v) is 19.2. The van der Waals surface area contributed by atoms with Crippen LogP contribution in [0.15, 0.2) is 78.9 Å². The van der Waals surface area contributed by atoms with E-state index in [2.05, 4.69) is 34.5 Å². The maximum Gasteiger partial charge on any atom is 0.241 e. The summed E-state index contributed by atoms with van der Waals surface area (Å²) in [5, 5.41) is 9.62. The Hall–Kier alpha value is -3.15. The number of likely N-dealkylation sites (tertiary alicyclic amines) is 1. The van der Waals surface area contributed by atoms with E-state index in [1.807, 2.05) is 54.6 Å². The Kier molecular flexibility index (Phi) is 6.42. The van der Waals surface area contributed by atoms with E-state index in [0.29, 0.717) is 5.02 Å². The van der Waals surface area contributed by atoms with Crippen molar-refractivity contribution in [3.63, 3.8) is 0 Å². The highest BCUT2D eigenvalue weighted by molar-refractivity contribution is 6.31. The van der Waals surface area contributed by atoms with Gasteiger partial charge in [0.25, 0.3) is 0 Å². The minimum Gasteiger partial charge on any atom is -0.352 e. The van der Waals surface area contributed by atoms with Crippen molar-refractivity contribution in [2.24, 2.45) is 0 Å². The van der Waals surface area contributed by atoms with Crippen LogP contribution in [0.5, 0.6) is 0 Å². The second-order valence-corrected chi connectivity index (χ2v) is 9.07. The summed E-state index contributed by atoms with van der Waals surface area (Å²) in [7, 11) is 0. The van der Waals surface area contributed by atoms with Gasteiger partial charge in [-0.15, -0.1) is 0 Å². The summed E-state index contributed by atoms with van der Waals surface area (Å²) in [6.07, 6.45) is 1.92. The number of hydrogen-bond acceptors (Lipinski definition) is 3. The Morgan fingerprint density at radius 1 is 0.970 bits per heavy atom. The van der Waals surface area contributed by atoms with Gasteiger partial charge in [-0.2, -0.15) is 5.10 Å². The standard InChI is InChI=1S/C27H27ClN4O/c28-22-11-12-25-24(17-22)27(21-9-5-2-6-10-21)30-32(25)19-26(33)29-23-13-15-31(16-14-23)18-20-7-3-1-4-8-20/h1-12,17,23H,13-16,18-19H2,(H,29,33). The maximum absolute atomic E-state index is 12.9. The van der Waals surface area contributed by atoms with Crippen LogP contribution in [-0.4, -0.2) is 39.7 Å². The summed E-state index contributed by atoms with van der Waals surface area (Å²) in [5.41, 5.74) is 4.09. The minimum absolute atomic E-state index is 0.00419. The minimum atomic E-state index is -0.00419. The van der Waals surface area contributed by atoms with E-state index in [-0.39, 0.29) is 18.5 Å². The molecule has 0 spiro atoms. The molecular formula is C27H27ClN4O. The molecule has 6 heteroatoms. The average Bonchev–Trinajstić information content (AvgIpc) is 3.18. The second-order valence-electron chi connectivity index (χ2n) is 8.64. The molecule has 5 rings (SSSR count). The number of fused-ring (bicyclic) bond motifs is 1. The number of aromatic nitrogens is 2. The van der Waals surface area contributed by atoms with Crippen molar-refractivity contribution in [2.75, 3.05) is 13.1 Å². The van der Waals surface area contributed by atoms with Gasteiger partial charge in [0.1, 0.15) is 12.2 Å². The first-order chi connectivity index (χ1) is 16.2. The number of halogens is 1. The summed E-state index contributed by atoms with van der Waals surface area (Å²) >= 11 is 6.26. The molecule has 4 aromatic rings. The smallest absolute Gasteiger partial charge is 0.241 e. The predicted octanol–water partition coefficient (Wildman–Crippen LogP) is 5.14. The van der Waals surface area contributed by atoms with Gasteiger partial charge in [-0.05, 0) is 36.6 Å². The maximum atomic E-state index is 12.9. The number of amides is 1. The van der Waals surface area contributed by atoms with Gasteiger partial charge in [0.15, 0.2) is 0 Å². The lowest BCUT2D eigenvalue weighted by Crippen LogP contribution is -2.45. The van der Waals surface area contributed by atoms with E-state index in [9.17, 15) is 4.79 Å². The summed E-state index contributed by atoms with van der Waals surface area (Å²) in [5.74, 6) is -0.00419. The van der Waals surface area contributed by atoms with Gasteiger partial charge in [0, 0.05) is 41.6 Å². The van der Waals surface area contributed by atoms with Crippen molar-refractivity contribution in [1.29, 1.82) is 0 Å². The number of hydrogen-bond donors (Lipinski definition) is 1. The Bertz CT molecular complexity index is 1230. The molecule has 1 fully saturated rings. The van der Waals surface area contributed by atoms with Crippen LogP contribution < -0.4 is 5.32 Å². The third kappa shape index (κ3) is 5.10. The highest BCUT2D eigenvalue weighted by atomic mass is 35.5. The summed E-state index contributed by atoms with van der Waals surface area (Å²) < 4.78 is 1.79. The van der Waals surface area contributed by atoms with Crippen molar-refractivity contribution in [2.45, 2.75) is 32.0 Å². The van der Waals surface area contributed by atoms with E-state index in [1.54, 1.807) is 4.68 Å². The van der Waals surface area contributed by atoms with Crippen LogP contribution >= 0.6 is 11.6 Å². The Balaban J connectivity index is 1.24.